The second-order valence-electron chi connectivity index (χ2n) is 5.42. The maximum Gasteiger partial charge on any atom is 0.237 e. The average Bonchev–Trinajstić information content (AvgIpc) is 2.39. The minimum atomic E-state index is -0.0569. The molecule has 1 aromatic carbocycles. The minimum Gasteiger partial charge on any atom is -0.348 e. The van der Waals surface area contributed by atoms with E-state index < -0.39 is 0 Å². The Morgan fingerprint density at radius 1 is 1.42 bits per heavy atom. The largest absolute Gasteiger partial charge is 0.348 e. The zero-order chi connectivity index (χ0) is 13.8. The van der Waals surface area contributed by atoms with Crippen LogP contribution in [0.2, 0.25) is 5.02 Å². The van der Waals surface area contributed by atoms with Gasteiger partial charge in [-0.3, -0.25) is 4.79 Å². The van der Waals surface area contributed by atoms with Gasteiger partial charge in [0.05, 0.1) is 12.1 Å². The molecule has 1 amide bonds. The summed E-state index contributed by atoms with van der Waals surface area (Å²) in [6.07, 6.45) is 2.07. The van der Waals surface area contributed by atoms with Crippen molar-refractivity contribution < 1.29 is 4.79 Å². The van der Waals surface area contributed by atoms with E-state index in [9.17, 15) is 4.79 Å². The maximum absolute atomic E-state index is 12.2. The van der Waals surface area contributed by atoms with Crippen LogP contribution < -0.4 is 10.6 Å². The third-order valence-corrected chi connectivity index (χ3v) is 3.96. The molecule has 2 N–H and O–H groups in total. The number of halogens is 1. The van der Waals surface area contributed by atoms with Crippen LogP contribution in [0.25, 0.3) is 0 Å². The van der Waals surface area contributed by atoms with Crippen LogP contribution in [0.3, 0.4) is 0 Å². The van der Waals surface area contributed by atoms with Crippen molar-refractivity contribution in [2.24, 2.45) is 5.92 Å². The van der Waals surface area contributed by atoms with E-state index >= 15 is 0 Å². The molecule has 3 nitrogen and oxygen atoms in total. The molecule has 104 valence electrons. The zero-order valence-electron chi connectivity index (χ0n) is 11.4. The summed E-state index contributed by atoms with van der Waals surface area (Å²) in [5.74, 6) is 0.705. The van der Waals surface area contributed by atoms with Gasteiger partial charge in [-0.25, -0.2) is 0 Å². The van der Waals surface area contributed by atoms with Crippen LogP contribution in [0.15, 0.2) is 24.3 Å². The van der Waals surface area contributed by atoms with Gasteiger partial charge in [0.15, 0.2) is 0 Å². The normalized spacial score (nSPS) is 24.8. The number of carbonyl (C=O) groups is 1. The molecule has 1 fully saturated rings. The van der Waals surface area contributed by atoms with Crippen LogP contribution in [-0.2, 0) is 4.79 Å². The number of nitrogens with one attached hydrogen (secondary N) is 2. The van der Waals surface area contributed by atoms with Crippen LogP contribution in [0.1, 0.15) is 38.3 Å². The molecule has 0 bridgehead atoms. The highest BCUT2D eigenvalue weighted by Gasteiger charge is 2.25. The van der Waals surface area contributed by atoms with E-state index in [1.54, 1.807) is 0 Å². The Bertz CT molecular complexity index is 432. The lowest BCUT2D eigenvalue weighted by Gasteiger charge is -2.28. The van der Waals surface area contributed by atoms with Gasteiger partial charge in [0, 0.05) is 5.02 Å². The fourth-order valence-electron chi connectivity index (χ4n) is 2.46. The molecule has 1 saturated heterocycles. The highest BCUT2D eigenvalue weighted by Crippen LogP contribution is 2.18. The third kappa shape index (κ3) is 3.95. The number of benzene rings is 1. The molecule has 1 heterocycles. The fourth-order valence-corrected chi connectivity index (χ4v) is 2.58. The van der Waals surface area contributed by atoms with Crippen molar-refractivity contribution in [3.63, 3.8) is 0 Å². The second kappa shape index (κ2) is 6.40. The third-order valence-electron chi connectivity index (χ3n) is 3.71. The quantitative estimate of drug-likeness (QED) is 0.894. The Kier molecular flexibility index (Phi) is 4.83. The topological polar surface area (TPSA) is 41.1 Å². The van der Waals surface area contributed by atoms with Crippen LogP contribution in [0, 0.1) is 5.92 Å². The monoisotopic (exact) mass is 280 g/mol. The Hall–Kier alpha value is -1.06. The molecule has 2 rings (SSSR count). The van der Waals surface area contributed by atoms with Gasteiger partial charge in [-0.1, -0.05) is 30.7 Å². The number of carbonyl (C=O) groups excluding carboxylic acids is 1. The molecule has 4 heteroatoms. The van der Waals surface area contributed by atoms with Crippen LogP contribution in [-0.4, -0.2) is 18.5 Å². The molecule has 0 spiro atoms. The molecular weight excluding hydrogens is 260 g/mol. The van der Waals surface area contributed by atoms with Crippen LogP contribution >= 0.6 is 11.6 Å². The first kappa shape index (κ1) is 14.4. The summed E-state index contributed by atoms with van der Waals surface area (Å²) in [5.41, 5.74) is 1.07. The number of piperidine rings is 1. The van der Waals surface area contributed by atoms with Gasteiger partial charge in [0.1, 0.15) is 0 Å². The van der Waals surface area contributed by atoms with E-state index in [2.05, 4.69) is 17.6 Å². The Balaban J connectivity index is 1.92. The predicted molar refractivity (Wildman–Crippen MR) is 78.2 cm³/mol. The van der Waals surface area contributed by atoms with Gasteiger partial charge in [0.2, 0.25) is 5.91 Å². The fraction of sp³-hybridized carbons (Fsp3) is 0.533. The molecule has 0 radical (unpaired) electrons. The molecule has 19 heavy (non-hydrogen) atoms. The first-order valence-electron chi connectivity index (χ1n) is 6.85. The summed E-state index contributed by atoms with van der Waals surface area (Å²) >= 11 is 5.86. The summed E-state index contributed by atoms with van der Waals surface area (Å²) in [6, 6.07) is 7.54. The van der Waals surface area contributed by atoms with Crippen molar-refractivity contribution in [1.82, 2.24) is 10.6 Å². The minimum absolute atomic E-state index is 0.00352. The van der Waals surface area contributed by atoms with E-state index in [0.29, 0.717) is 10.9 Å². The number of hydrogen-bond donors (Lipinski definition) is 2. The summed E-state index contributed by atoms with van der Waals surface area (Å²) in [5, 5.41) is 7.06. The van der Waals surface area contributed by atoms with Gasteiger partial charge >= 0.3 is 0 Å². The zero-order valence-corrected chi connectivity index (χ0v) is 12.2. The molecule has 1 aromatic rings. The predicted octanol–water partition coefficient (Wildman–Crippen LogP) is 2.91. The van der Waals surface area contributed by atoms with Gasteiger partial charge in [-0.05, 0) is 49.9 Å². The highest BCUT2D eigenvalue weighted by atomic mass is 35.5. The van der Waals surface area contributed by atoms with E-state index in [-0.39, 0.29) is 18.0 Å². The Morgan fingerprint density at radius 3 is 2.74 bits per heavy atom. The Morgan fingerprint density at radius 2 is 2.11 bits per heavy atom. The van der Waals surface area contributed by atoms with Gasteiger partial charge in [-0.2, -0.15) is 0 Å². The van der Waals surface area contributed by atoms with Crippen molar-refractivity contribution >= 4 is 17.5 Å². The average molecular weight is 281 g/mol. The van der Waals surface area contributed by atoms with Crippen molar-refractivity contribution in [2.75, 3.05) is 6.54 Å². The smallest absolute Gasteiger partial charge is 0.237 e. The maximum atomic E-state index is 12.2. The van der Waals surface area contributed by atoms with Gasteiger partial charge < -0.3 is 10.6 Å². The van der Waals surface area contributed by atoms with Crippen LogP contribution in [0.4, 0.5) is 0 Å². The van der Waals surface area contributed by atoms with E-state index in [0.717, 1.165) is 24.9 Å². The molecule has 1 aliphatic heterocycles. The standard InChI is InChI=1S/C15H21ClN2O/c1-10-7-8-17-14(9-10)15(19)18-11(2)12-3-5-13(16)6-4-12/h3-6,10-11,14,17H,7-9H2,1-2H3,(H,18,19)/t10?,11-,14?/m0/s1. The second-order valence-corrected chi connectivity index (χ2v) is 5.85. The van der Waals surface area contributed by atoms with Gasteiger partial charge in [0.25, 0.3) is 0 Å². The number of hydrogen-bond acceptors (Lipinski definition) is 2. The molecule has 1 aliphatic rings. The lowest BCUT2D eigenvalue weighted by molar-refractivity contribution is -0.124. The lowest BCUT2D eigenvalue weighted by atomic mass is 9.93. The van der Waals surface area contributed by atoms with E-state index in [1.807, 2.05) is 31.2 Å². The molecule has 2 unspecified atom stereocenters. The van der Waals surface area contributed by atoms with Crippen molar-refractivity contribution in [3.8, 4) is 0 Å². The summed E-state index contributed by atoms with van der Waals surface area (Å²) < 4.78 is 0. The molecule has 0 aliphatic carbocycles. The summed E-state index contributed by atoms with van der Waals surface area (Å²) in [6.45, 7) is 5.12. The van der Waals surface area contributed by atoms with Crippen LogP contribution in [0.5, 0.6) is 0 Å². The highest BCUT2D eigenvalue weighted by molar-refractivity contribution is 6.30. The molecule has 3 atom stereocenters. The lowest BCUT2D eigenvalue weighted by Crippen LogP contribution is -2.48. The van der Waals surface area contributed by atoms with Crippen molar-refractivity contribution in [2.45, 2.75) is 38.8 Å². The molecule has 0 aromatic heterocycles. The SMILES string of the molecule is CC1CCNC(C(=O)N[C@@H](C)c2ccc(Cl)cc2)C1. The molecular formula is C15H21ClN2O. The van der Waals surface area contributed by atoms with Crippen molar-refractivity contribution in [3.05, 3.63) is 34.9 Å². The number of amides is 1. The summed E-state index contributed by atoms with van der Waals surface area (Å²) in [4.78, 5) is 12.2. The molecule has 0 saturated carbocycles. The first-order valence-corrected chi connectivity index (χ1v) is 7.23. The van der Waals surface area contributed by atoms with E-state index in [1.165, 1.54) is 0 Å². The van der Waals surface area contributed by atoms with Gasteiger partial charge in [-0.15, -0.1) is 0 Å². The number of rotatable bonds is 3. The summed E-state index contributed by atoms with van der Waals surface area (Å²) in [7, 11) is 0. The Labute approximate surface area is 119 Å². The van der Waals surface area contributed by atoms with Crippen molar-refractivity contribution in [1.29, 1.82) is 0 Å². The van der Waals surface area contributed by atoms with E-state index in [4.69, 9.17) is 11.6 Å². The first-order chi connectivity index (χ1) is 9.06.